The molecule has 152 valence electrons. The zero-order chi connectivity index (χ0) is 20.6. The quantitative estimate of drug-likeness (QED) is 0.709. The molecule has 9 nitrogen and oxygen atoms in total. The first kappa shape index (κ1) is 19.0. The van der Waals surface area contributed by atoms with E-state index in [1.54, 1.807) is 30.9 Å². The van der Waals surface area contributed by atoms with E-state index in [0.29, 0.717) is 18.8 Å². The number of hydrogen-bond acceptors (Lipinski definition) is 6. The molecule has 2 unspecified atom stereocenters. The van der Waals surface area contributed by atoms with Gasteiger partial charge < -0.3 is 10.6 Å². The number of fused-ring (bicyclic) bond motifs is 1. The molecule has 1 aromatic carbocycles. The monoisotopic (exact) mass is 395 g/mol. The van der Waals surface area contributed by atoms with Crippen LogP contribution in [0.15, 0.2) is 47.7 Å². The number of aryl methyl sites for hydroxylation is 1. The predicted molar refractivity (Wildman–Crippen MR) is 109 cm³/mol. The van der Waals surface area contributed by atoms with Crippen LogP contribution in [0.25, 0.3) is 0 Å². The first-order valence-electron chi connectivity index (χ1n) is 9.67. The molecule has 0 bridgehead atoms. The van der Waals surface area contributed by atoms with Gasteiger partial charge in [-0.15, -0.1) is 0 Å². The van der Waals surface area contributed by atoms with Gasteiger partial charge in [-0.3, -0.25) is 19.9 Å². The molecular formula is C20H25N7O2. The van der Waals surface area contributed by atoms with Crippen LogP contribution in [-0.4, -0.2) is 46.2 Å². The lowest BCUT2D eigenvalue weighted by Gasteiger charge is -2.28. The van der Waals surface area contributed by atoms with Gasteiger partial charge in [-0.2, -0.15) is 10.2 Å². The van der Waals surface area contributed by atoms with Crippen molar-refractivity contribution in [1.29, 1.82) is 0 Å². The summed E-state index contributed by atoms with van der Waals surface area (Å²) in [4.78, 5) is 27.4. The molecule has 4 rings (SSSR count). The van der Waals surface area contributed by atoms with E-state index in [1.807, 2.05) is 37.3 Å². The summed E-state index contributed by atoms with van der Waals surface area (Å²) in [5.41, 5.74) is 2.87. The first-order valence-corrected chi connectivity index (χ1v) is 9.67. The van der Waals surface area contributed by atoms with Gasteiger partial charge in [0.2, 0.25) is 5.66 Å². The first-order chi connectivity index (χ1) is 13.9. The second-order valence-corrected chi connectivity index (χ2v) is 7.62. The van der Waals surface area contributed by atoms with Gasteiger partial charge in [0, 0.05) is 25.6 Å². The molecule has 2 aromatic rings. The highest BCUT2D eigenvalue weighted by Crippen LogP contribution is 2.21. The number of rotatable bonds is 4. The number of anilines is 1. The van der Waals surface area contributed by atoms with Gasteiger partial charge in [0.15, 0.2) is 0 Å². The third-order valence-electron chi connectivity index (χ3n) is 5.54. The third-order valence-corrected chi connectivity index (χ3v) is 5.54. The summed E-state index contributed by atoms with van der Waals surface area (Å²) < 4.78 is 1.76. The van der Waals surface area contributed by atoms with Crippen molar-refractivity contribution in [1.82, 2.24) is 25.8 Å². The molecule has 3 heterocycles. The minimum Gasteiger partial charge on any atom is -0.340 e. The maximum atomic E-state index is 13.0. The van der Waals surface area contributed by atoms with Gasteiger partial charge in [-0.25, -0.2) is 4.68 Å². The highest BCUT2D eigenvalue weighted by molar-refractivity contribution is 6.02. The van der Waals surface area contributed by atoms with E-state index in [9.17, 15) is 9.59 Å². The van der Waals surface area contributed by atoms with Crippen molar-refractivity contribution in [3.05, 3.63) is 48.2 Å². The lowest BCUT2D eigenvalue weighted by Crippen LogP contribution is -2.63. The third kappa shape index (κ3) is 3.43. The number of aromatic nitrogens is 2. The van der Waals surface area contributed by atoms with Crippen LogP contribution in [0, 0.1) is 0 Å². The SMILES string of the molecule is CC(C1=NNC(C)(C(=O)N[C@H]2CCn3nccc3N(C)C2=O)N1)c1ccccc1. The van der Waals surface area contributed by atoms with Gasteiger partial charge in [0.1, 0.15) is 17.7 Å². The van der Waals surface area contributed by atoms with Crippen LogP contribution >= 0.6 is 0 Å². The molecule has 9 heteroatoms. The Labute approximate surface area is 169 Å². The van der Waals surface area contributed by atoms with Gasteiger partial charge >= 0.3 is 0 Å². The van der Waals surface area contributed by atoms with Crippen LogP contribution in [0.5, 0.6) is 0 Å². The van der Waals surface area contributed by atoms with Gasteiger partial charge in [-0.1, -0.05) is 37.3 Å². The van der Waals surface area contributed by atoms with Crippen LogP contribution in [0.2, 0.25) is 0 Å². The summed E-state index contributed by atoms with van der Waals surface area (Å²) >= 11 is 0. The highest BCUT2D eigenvalue weighted by Gasteiger charge is 2.41. The normalized spacial score (nSPS) is 24.7. The average molecular weight is 395 g/mol. The fraction of sp³-hybridized carbons (Fsp3) is 0.400. The van der Waals surface area contributed by atoms with Crippen molar-refractivity contribution in [3.63, 3.8) is 0 Å². The largest absolute Gasteiger partial charge is 0.340 e. The number of hydrogen-bond donors (Lipinski definition) is 3. The van der Waals surface area contributed by atoms with Gasteiger partial charge in [-0.05, 0) is 18.9 Å². The summed E-state index contributed by atoms with van der Waals surface area (Å²) in [5.74, 6) is 0.900. The van der Waals surface area contributed by atoms with Gasteiger partial charge in [0.05, 0.1) is 6.20 Å². The number of carbonyl (C=O) groups is 2. The molecular weight excluding hydrogens is 370 g/mol. The molecule has 0 saturated heterocycles. The van der Waals surface area contributed by atoms with Crippen LogP contribution in [0.4, 0.5) is 5.82 Å². The fourth-order valence-corrected chi connectivity index (χ4v) is 3.64. The summed E-state index contributed by atoms with van der Waals surface area (Å²) in [6.45, 7) is 4.29. The summed E-state index contributed by atoms with van der Waals surface area (Å²) in [6, 6.07) is 11.1. The summed E-state index contributed by atoms with van der Waals surface area (Å²) in [6.07, 6.45) is 2.13. The Morgan fingerprint density at radius 3 is 2.83 bits per heavy atom. The number of amides is 2. The second kappa shape index (κ2) is 7.23. The molecule has 0 aliphatic carbocycles. The van der Waals surface area contributed by atoms with E-state index in [2.05, 4.69) is 26.3 Å². The zero-order valence-electron chi connectivity index (χ0n) is 16.7. The van der Waals surface area contributed by atoms with E-state index in [-0.39, 0.29) is 17.7 Å². The molecule has 1 aromatic heterocycles. The summed E-state index contributed by atoms with van der Waals surface area (Å²) in [7, 11) is 1.69. The molecule has 0 radical (unpaired) electrons. The second-order valence-electron chi connectivity index (χ2n) is 7.62. The van der Waals surface area contributed by atoms with Crippen molar-refractivity contribution in [2.24, 2.45) is 5.10 Å². The van der Waals surface area contributed by atoms with Crippen LogP contribution in [0.3, 0.4) is 0 Å². The highest BCUT2D eigenvalue weighted by atomic mass is 16.2. The number of nitrogens with zero attached hydrogens (tertiary/aromatic N) is 4. The maximum Gasteiger partial charge on any atom is 0.268 e. The molecule has 0 saturated carbocycles. The molecule has 29 heavy (non-hydrogen) atoms. The lowest BCUT2D eigenvalue weighted by molar-refractivity contribution is -0.131. The van der Waals surface area contributed by atoms with Crippen molar-refractivity contribution in [2.45, 2.75) is 44.4 Å². The zero-order valence-corrected chi connectivity index (χ0v) is 16.7. The fourth-order valence-electron chi connectivity index (χ4n) is 3.64. The van der Waals surface area contributed by atoms with Crippen LogP contribution in [0.1, 0.15) is 31.7 Å². The Bertz CT molecular complexity index is 955. The minimum absolute atomic E-state index is 0.000874. The lowest BCUT2D eigenvalue weighted by atomic mass is 9.99. The van der Waals surface area contributed by atoms with Crippen molar-refractivity contribution >= 4 is 23.5 Å². The Morgan fingerprint density at radius 2 is 2.07 bits per heavy atom. The molecule has 2 amide bonds. The Balaban J connectivity index is 1.43. The van der Waals surface area contributed by atoms with Crippen molar-refractivity contribution < 1.29 is 9.59 Å². The molecule has 3 N–H and O–H groups in total. The Kier molecular flexibility index (Phi) is 4.73. The number of carbonyl (C=O) groups excluding carboxylic acids is 2. The predicted octanol–water partition coefficient (Wildman–Crippen LogP) is 0.761. The Hall–Kier alpha value is -3.36. The van der Waals surface area contributed by atoms with Crippen LogP contribution in [-0.2, 0) is 16.1 Å². The topological polar surface area (TPSA) is 104 Å². The maximum absolute atomic E-state index is 13.0. The van der Waals surface area contributed by atoms with E-state index < -0.39 is 11.7 Å². The minimum atomic E-state index is -1.13. The van der Waals surface area contributed by atoms with E-state index in [1.165, 1.54) is 4.90 Å². The van der Waals surface area contributed by atoms with E-state index >= 15 is 0 Å². The van der Waals surface area contributed by atoms with Gasteiger partial charge in [0.25, 0.3) is 11.8 Å². The summed E-state index contributed by atoms with van der Waals surface area (Å²) in [5, 5.41) is 14.6. The number of amidine groups is 1. The standard InChI is InChI=1S/C20H25N7O2/c1-13(14-7-5-4-6-8-14)17-23-20(2,25-24-17)19(29)22-15-10-12-27-16(9-11-21-27)26(3)18(15)28/h4-9,11,13,15,25H,10,12H2,1-3H3,(H,22,29)(H,23,24)/t13?,15-,20?/m0/s1. The van der Waals surface area contributed by atoms with Crippen LogP contribution < -0.4 is 21.0 Å². The number of hydrazone groups is 1. The van der Waals surface area contributed by atoms with E-state index in [0.717, 1.165) is 11.4 Å². The number of benzene rings is 1. The molecule has 3 atom stereocenters. The number of nitrogens with one attached hydrogen (secondary N) is 3. The van der Waals surface area contributed by atoms with Crippen molar-refractivity contribution in [3.8, 4) is 0 Å². The molecule has 2 aliphatic heterocycles. The Morgan fingerprint density at radius 1 is 1.31 bits per heavy atom. The number of likely N-dealkylation sites (N-methyl/N-ethyl adjacent to an activating group) is 1. The molecule has 2 aliphatic rings. The molecule has 0 spiro atoms. The smallest absolute Gasteiger partial charge is 0.268 e. The average Bonchev–Trinajstić information content (AvgIpc) is 3.35. The van der Waals surface area contributed by atoms with E-state index in [4.69, 9.17) is 0 Å². The van der Waals surface area contributed by atoms with Crippen molar-refractivity contribution in [2.75, 3.05) is 11.9 Å². The molecule has 0 fully saturated rings.